The molecule has 27 heavy (non-hydrogen) atoms. The summed E-state index contributed by atoms with van der Waals surface area (Å²) >= 11 is 1.58. The van der Waals surface area contributed by atoms with Crippen LogP contribution in [-0.2, 0) is 9.59 Å². The molecule has 0 spiro atoms. The molecule has 1 aliphatic carbocycles. The second kappa shape index (κ2) is 8.75. The van der Waals surface area contributed by atoms with Crippen molar-refractivity contribution in [1.29, 1.82) is 0 Å². The van der Waals surface area contributed by atoms with Gasteiger partial charge in [0, 0.05) is 23.4 Å². The van der Waals surface area contributed by atoms with Gasteiger partial charge in [-0.25, -0.2) is 0 Å². The highest BCUT2D eigenvalue weighted by molar-refractivity contribution is 7.99. The van der Waals surface area contributed by atoms with Crippen LogP contribution in [0.1, 0.15) is 30.1 Å². The van der Waals surface area contributed by atoms with E-state index in [1.165, 1.54) is 0 Å². The number of nitrogens with zero attached hydrogens (tertiary/aromatic N) is 2. The Kier molecular flexibility index (Phi) is 6.38. The van der Waals surface area contributed by atoms with E-state index < -0.39 is 12.0 Å². The van der Waals surface area contributed by atoms with Gasteiger partial charge in [0.15, 0.2) is 0 Å². The molecular weight excluding hydrogens is 366 g/mol. The number of carbonyl (C=O) groups excluding carboxylic acids is 2. The normalized spacial score (nSPS) is 24.5. The lowest BCUT2D eigenvalue weighted by Gasteiger charge is -2.42. The molecule has 2 aliphatic rings. The molecule has 2 fully saturated rings. The van der Waals surface area contributed by atoms with Crippen LogP contribution >= 0.6 is 11.8 Å². The average molecular weight is 391 g/mol. The Morgan fingerprint density at radius 2 is 1.96 bits per heavy atom. The van der Waals surface area contributed by atoms with E-state index in [0.717, 1.165) is 12.8 Å². The van der Waals surface area contributed by atoms with E-state index in [1.807, 2.05) is 30.0 Å². The fourth-order valence-corrected chi connectivity index (χ4v) is 4.73. The standard InChI is InChI=1S/C19H25N3O4S/c1-2-21(10-17(23)24)15-8-14(9-15)20-18(25)16-11-27-12-22(16)19(26)13-6-4-3-5-7-13/h3-7,14-16H,2,8-12H2,1H3,(H,20,25)(H,23,24). The number of rotatable bonds is 7. The number of carboxylic acid groups (broad SMARTS) is 1. The van der Waals surface area contributed by atoms with E-state index >= 15 is 0 Å². The van der Waals surface area contributed by atoms with Gasteiger partial charge in [-0.2, -0.15) is 0 Å². The van der Waals surface area contributed by atoms with Crippen LogP contribution < -0.4 is 5.32 Å². The SMILES string of the molecule is CCN(CC(=O)O)C1CC(NC(=O)C2CSCN2C(=O)c2ccccc2)C1. The van der Waals surface area contributed by atoms with E-state index in [1.54, 1.807) is 28.8 Å². The number of aliphatic carboxylic acids is 1. The van der Waals surface area contributed by atoms with Gasteiger partial charge in [0.05, 0.1) is 12.4 Å². The largest absolute Gasteiger partial charge is 0.480 e. The van der Waals surface area contributed by atoms with Crippen molar-refractivity contribution < 1.29 is 19.5 Å². The van der Waals surface area contributed by atoms with Gasteiger partial charge in [-0.15, -0.1) is 11.8 Å². The number of hydrogen-bond acceptors (Lipinski definition) is 5. The summed E-state index contributed by atoms with van der Waals surface area (Å²) in [5, 5.41) is 12.0. The number of thioether (sulfide) groups is 1. The molecular formula is C19H25N3O4S. The number of likely N-dealkylation sites (N-methyl/N-ethyl adjacent to an activating group) is 1. The van der Waals surface area contributed by atoms with Crippen molar-refractivity contribution in [2.45, 2.75) is 37.9 Å². The Hall–Kier alpha value is -2.06. The monoisotopic (exact) mass is 391 g/mol. The lowest BCUT2D eigenvalue weighted by molar-refractivity contribution is -0.140. The van der Waals surface area contributed by atoms with Gasteiger partial charge >= 0.3 is 5.97 Å². The van der Waals surface area contributed by atoms with Gasteiger partial charge in [0.1, 0.15) is 6.04 Å². The highest BCUT2D eigenvalue weighted by atomic mass is 32.2. The van der Waals surface area contributed by atoms with Gasteiger partial charge < -0.3 is 15.3 Å². The van der Waals surface area contributed by atoms with Gasteiger partial charge in [0.2, 0.25) is 5.91 Å². The van der Waals surface area contributed by atoms with Crippen LogP contribution in [0, 0.1) is 0 Å². The van der Waals surface area contributed by atoms with E-state index in [9.17, 15) is 14.4 Å². The molecule has 0 aromatic heterocycles. The highest BCUT2D eigenvalue weighted by Gasteiger charge is 2.39. The maximum atomic E-state index is 12.7. The molecule has 8 heteroatoms. The molecule has 0 bridgehead atoms. The minimum Gasteiger partial charge on any atom is -0.480 e. The number of carbonyl (C=O) groups is 3. The summed E-state index contributed by atoms with van der Waals surface area (Å²) in [4.78, 5) is 39.8. The van der Waals surface area contributed by atoms with Crippen LogP contribution in [0.25, 0.3) is 0 Å². The molecule has 1 saturated heterocycles. The van der Waals surface area contributed by atoms with Crippen molar-refractivity contribution in [1.82, 2.24) is 15.1 Å². The first-order valence-electron chi connectivity index (χ1n) is 9.19. The molecule has 1 aliphatic heterocycles. The summed E-state index contributed by atoms with van der Waals surface area (Å²) in [6.07, 6.45) is 1.50. The van der Waals surface area contributed by atoms with Gasteiger partial charge in [0.25, 0.3) is 5.91 Å². The smallest absolute Gasteiger partial charge is 0.317 e. The summed E-state index contributed by atoms with van der Waals surface area (Å²) in [6, 6.07) is 8.80. The number of nitrogens with one attached hydrogen (secondary N) is 1. The van der Waals surface area contributed by atoms with Crippen molar-refractivity contribution in [3.05, 3.63) is 35.9 Å². The van der Waals surface area contributed by atoms with E-state index in [2.05, 4.69) is 5.32 Å². The summed E-state index contributed by atoms with van der Waals surface area (Å²) in [6.45, 7) is 2.65. The molecule has 0 radical (unpaired) electrons. The Balaban J connectivity index is 1.52. The van der Waals surface area contributed by atoms with Gasteiger partial charge in [-0.1, -0.05) is 25.1 Å². The van der Waals surface area contributed by atoms with Crippen molar-refractivity contribution in [3.8, 4) is 0 Å². The van der Waals surface area contributed by atoms with Gasteiger partial charge in [-0.3, -0.25) is 19.3 Å². The molecule has 1 aromatic rings. The molecule has 1 heterocycles. The average Bonchev–Trinajstić information content (AvgIpc) is 3.12. The first-order valence-corrected chi connectivity index (χ1v) is 10.3. The molecule has 146 valence electrons. The first-order chi connectivity index (χ1) is 13.0. The zero-order valence-corrected chi connectivity index (χ0v) is 16.2. The third-order valence-corrected chi connectivity index (χ3v) is 6.20. The van der Waals surface area contributed by atoms with Crippen LogP contribution in [0.4, 0.5) is 0 Å². The van der Waals surface area contributed by atoms with Crippen LogP contribution in [0.2, 0.25) is 0 Å². The fraction of sp³-hybridized carbons (Fsp3) is 0.526. The zero-order chi connectivity index (χ0) is 19.4. The van der Waals surface area contributed by atoms with E-state index in [4.69, 9.17) is 5.11 Å². The third kappa shape index (κ3) is 4.62. The predicted molar refractivity (Wildman–Crippen MR) is 104 cm³/mol. The Morgan fingerprint density at radius 1 is 1.26 bits per heavy atom. The second-order valence-corrected chi connectivity index (χ2v) is 7.94. The number of carboxylic acids is 1. The summed E-state index contributed by atoms with van der Waals surface area (Å²) in [5.74, 6) is 0.0457. The minimum absolute atomic E-state index is 0.0282. The number of hydrogen-bond donors (Lipinski definition) is 2. The summed E-state index contributed by atoms with van der Waals surface area (Å²) in [5.41, 5.74) is 0.591. The van der Waals surface area contributed by atoms with Crippen molar-refractivity contribution >= 4 is 29.5 Å². The molecule has 1 saturated carbocycles. The molecule has 7 nitrogen and oxygen atoms in total. The van der Waals surface area contributed by atoms with Crippen LogP contribution in [0.3, 0.4) is 0 Å². The molecule has 1 aromatic carbocycles. The molecule has 2 amide bonds. The number of benzene rings is 1. The minimum atomic E-state index is -0.831. The molecule has 1 atom stereocenters. The number of amides is 2. The van der Waals surface area contributed by atoms with Crippen molar-refractivity contribution in [2.24, 2.45) is 0 Å². The topological polar surface area (TPSA) is 90.0 Å². The quantitative estimate of drug-likeness (QED) is 0.727. The van der Waals surface area contributed by atoms with Crippen molar-refractivity contribution in [2.75, 3.05) is 24.7 Å². The zero-order valence-electron chi connectivity index (χ0n) is 15.3. The highest BCUT2D eigenvalue weighted by Crippen LogP contribution is 2.27. The molecule has 3 rings (SSSR count). The summed E-state index contributed by atoms with van der Waals surface area (Å²) < 4.78 is 0. The fourth-order valence-electron chi connectivity index (χ4n) is 3.58. The maximum Gasteiger partial charge on any atom is 0.317 e. The lowest BCUT2D eigenvalue weighted by Crippen LogP contribution is -2.58. The second-order valence-electron chi connectivity index (χ2n) is 6.94. The summed E-state index contributed by atoms with van der Waals surface area (Å²) in [7, 11) is 0. The van der Waals surface area contributed by atoms with Crippen molar-refractivity contribution in [3.63, 3.8) is 0 Å². The maximum absolute atomic E-state index is 12.7. The van der Waals surface area contributed by atoms with E-state index in [0.29, 0.717) is 23.7 Å². The van der Waals surface area contributed by atoms with Crippen LogP contribution in [-0.4, -0.2) is 75.5 Å². The molecule has 1 unspecified atom stereocenters. The Labute approximate surface area is 163 Å². The lowest BCUT2D eigenvalue weighted by atomic mass is 9.85. The van der Waals surface area contributed by atoms with E-state index in [-0.39, 0.29) is 30.4 Å². The van der Waals surface area contributed by atoms with Gasteiger partial charge in [-0.05, 0) is 31.5 Å². The molecule has 2 N–H and O–H groups in total. The van der Waals surface area contributed by atoms with Crippen LogP contribution in [0.15, 0.2) is 30.3 Å². The third-order valence-electron chi connectivity index (χ3n) is 5.19. The Bertz CT molecular complexity index is 693. The van der Waals surface area contributed by atoms with Crippen LogP contribution in [0.5, 0.6) is 0 Å². The first kappa shape index (κ1) is 19.7. The Morgan fingerprint density at radius 3 is 2.59 bits per heavy atom. The predicted octanol–water partition coefficient (Wildman–Crippen LogP) is 1.26.